The van der Waals surface area contributed by atoms with E-state index in [-0.39, 0.29) is 23.7 Å². The fourth-order valence-electron chi connectivity index (χ4n) is 4.78. The third-order valence-electron chi connectivity index (χ3n) is 6.88. The Labute approximate surface area is 204 Å². The van der Waals surface area contributed by atoms with Gasteiger partial charge in [0.05, 0.1) is 30.1 Å². The van der Waals surface area contributed by atoms with Crippen molar-refractivity contribution in [3.63, 3.8) is 0 Å². The van der Waals surface area contributed by atoms with Crippen LogP contribution in [0.3, 0.4) is 0 Å². The van der Waals surface area contributed by atoms with Crippen LogP contribution in [0.1, 0.15) is 68.3 Å². The monoisotopic (exact) mass is 511 g/mol. The summed E-state index contributed by atoms with van der Waals surface area (Å²) in [5.74, 6) is 2.20. The molecule has 1 aliphatic heterocycles. The van der Waals surface area contributed by atoms with E-state index in [4.69, 9.17) is 25.8 Å². The molecule has 3 fully saturated rings. The van der Waals surface area contributed by atoms with Gasteiger partial charge in [-0.1, -0.05) is 11.6 Å². The number of nitrogens with zero attached hydrogens (tertiary/aromatic N) is 5. The highest BCUT2D eigenvalue weighted by molar-refractivity contribution is 7.91. The van der Waals surface area contributed by atoms with Gasteiger partial charge in [-0.15, -0.1) is 10.2 Å². The maximum Gasteiger partial charge on any atom is 0.164 e. The van der Waals surface area contributed by atoms with Gasteiger partial charge in [0.1, 0.15) is 23.8 Å². The van der Waals surface area contributed by atoms with Crippen molar-refractivity contribution in [1.29, 1.82) is 0 Å². The molecule has 1 saturated heterocycles. The largest absolute Gasteiger partial charge is 0.376 e. The summed E-state index contributed by atoms with van der Waals surface area (Å²) in [7, 11) is -2.25. The molecule has 12 heteroatoms. The molecular weight excluding hydrogens is 482 g/mol. The summed E-state index contributed by atoms with van der Waals surface area (Å²) in [6.45, 7) is 3.03. The highest BCUT2D eigenvalue weighted by atomic mass is 35.5. The molecule has 10 nitrogen and oxygen atoms in total. The van der Waals surface area contributed by atoms with Crippen LogP contribution in [0.25, 0.3) is 0 Å². The van der Waals surface area contributed by atoms with E-state index >= 15 is 0 Å². The third-order valence-corrected chi connectivity index (χ3v) is 9.11. The zero-order valence-corrected chi connectivity index (χ0v) is 20.9. The Morgan fingerprint density at radius 2 is 1.82 bits per heavy atom. The van der Waals surface area contributed by atoms with E-state index in [2.05, 4.69) is 24.7 Å². The van der Waals surface area contributed by atoms with Crippen LogP contribution in [0.5, 0.6) is 0 Å². The first kappa shape index (κ1) is 24.1. The van der Waals surface area contributed by atoms with Crippen molar-refractivity contribution in [3.8, 4) is 0 Å². The Morgan fingerprint density at radius 1 is 1.15 bits per heavy atom. The topological polar surface area (TPSA) is 118 Å². The van der Waals surface area contributed by atoms with Gasteiger partial charge < -0.3 is 18.8 Å². The molecular formula is C22H30ClN5O5S. The fraction of sp³-hybridized carbons (Fsp3) is 0.727. The number of hydrogen-bond donors (Lipinski definition) is 0. The van der Waals surface area contributed by atoms with E-state index in [0.717, 1.165) is 25.7 Å². The van der Waals surface area contributed by atoms with Gasteiger partial charge in [0.15, 0.2) is 21.5 Å². The van der Waals surface area contributed by atoms with E-state index in [1.165, 1.54) is 19.5 Å². The standard InChI is InChI=1S/C22H30ClN5O5S/c1-13(20(31-2)21-24-9-16(23)10-25-21)34(29,30)12-18-26-27-22(17-11-32-7-8-33-17)28(18)19(14-3-4-14)15-5-6-15/h9-10,13-15,17,19-20H,3-8,11-12H2,1-2H3/t13-,17+,20-/m0/s1. The summed E-state index contributed by atoms with van der Waals surface area (Å²) in [5, 5.41) is 8.28. The van der Waals surface area contributed by atoms with Gasteiger partial charge in [0.2, 0.25) is 0 Å². The second-order valence-corrected chi connectivity index (χ2v) is 12.2. The molecule has 0 spiro atoms. The van der Waals surface area contributed by atoms with Crippen molar-refractivity contribution in [1.82, 2.24) is 24.7 Å². The van der Waals surface area contributed by atoms with Crippen molar-refractivity contribution in [2.75, 3.05) is 26.9 Å². The number of ether oxygens (including phenoxy) is 3. The first-order chi connectivity index (χ1) is 16.4. The van der Waals surface area contributed by atoms with E-state index in [0.29, 0.717) is 48.3 Å². The molecule has 0 unspecified atom stereocenters. The summed E-state index contributed by atoms with van der Waals surface area (Å²) in [4.78, 5) is 8.34. The molecule has 0 radical (unpaired) electrons. The second-order valence-electron chi connectivity index (χ2n) is 9.37. The molecule has 34 heavy (non-hydrogen) atoms. The van der Waals surface area contributed by atoms with E-state index < -0.39 is 21.2 Å². The van der Waals surface area contributed by atoms with Crippen molar-refractivity contribution in [2.45, 2.75) is 61.9 Å². The van der Waals surface area contributed by atoms with Crippen molar-refractivity contribution < 1.29 is 22.6 Å². The first-order valence-electron chi connectivity index (χ1n) is 11.7. The summed E-state index contributed by atoms with van der Waals surface area (Å²) in [6, 6.07) is 0.203. The number of sulfone groups is 1. The Kier molecular flexibility index (Phi) is 6.91. The second kappa shape index (κ2) is 9.77. The molecule has 2 saturated carbocycles. The highest BCUT2D eigenvalue weighted by Gasteiger charge is 2.46. The summed E-state index contributed by atoms with van der Waals surface area (Å²) in [5.41, 5.74) is 0. The Hall–Kier alpha value is -1.66. The maximum atomic E-state index is 13.6. The number of halogens is 1. The maximum absolute atomic E-state index is 13.6. The van der Waals surface area contributed by atoms with Crippen LogP contribution in [-0.2, 0) is 29.8 Å². The predicted molar refractivity (Wildman–Crippen MR) is 123 cm³/mol. The molecule has 2 aliphatic carbocycles. The van der Waals surface area contributed by atoms with Crippen LogP contribution in [0.4, 0.5) is 0 Å². The molecule has 0 bridgehead atoms. The summed E-state index contributed by atoms with van der Waals surface area (Å²) in [6.07, 6.45) is 6.25. The van der Waals surface area contributed by atoms with Crippen LogP contribution in [-0.4, -0.2) is 65.3 Å². The normalized spacial score (nSPS) is 23.2. The van der Waals surface area contributed by atoms with E-state index in [9.17, 15) is 8.42 Å². The molecule has 3 aliphatic rings. The summed E-state index contributed by atoms with van der Waals surface area (Å²) < 4.78 is 46.3. The quantitative estimate of drug-likeness (QED) is 0.474. The SMILES string of the molecule is CO[C@H](c1ncc(Cl)cn1)[C@H](C)S(=O)(=O)Cc1nnc([C@H]2COCCO2)n1C(C1CC1)C1CC1. The Bertz CT molecular complexity index is 1090. The zero-order chi connectivity index (χ0) is 23.9. The molecule has 0 amide bonds. The molecule has 2 aromatic heterocycles. The van der Waals surface area contributed by atoms with Crippen molar-refractivity contribution in [3.05, 3.63) is 34.9 Å². The van der Waals surface area contributed by atoms with Gasteiger partial charge in [0.25, 0.3) is 0 Å². The lowest BCUT2D eigenvalue weighted by molar-refractivity contribution is -0.0954. The zero-order valence-electron chi connectivity index (χ0n) is 19.3. The fourth-order valence-corrected chi connectivity index (χ4v) is 6.30. The Balaban J connectivity index is 1.45. The lowest BCUT2D eigenvalue weighted by Crippen LogP contribution is -2.31. The molecule has 0 aromatic carbocycles. The number of methoxy groups -OCH3 is 1. The van der Waals surface area contributed by atoms with Gasteiger partial charge in [-0.05, 0) is 44.4 Å². The first-order valence-corrected chi connectivity index (χ1v) is 13.8. The average Bonchev–Trinajstić information content (AvgIpc) is 3.76. The minimum absolute atomic E-state index is 0.203. The van der Waals surface area contributed by atoms with Gasteiger partial charge in [0, 0.05) is 25.5 Å². The number of hydrogen-bond acceptors (Lipinski definition) is 9. The Morgan fingerprint density at radius 3 is 2.38 bits per heavy atom. The molecule has 0 N–H and O–H groups in total. The van der Waals surface area contributed by atoms with E-state index in [1.54, 1.807) is 6.92 Å². The lowest BCUT2D eigenvalue weighted by atomic mass is 10.1. The van der Waals surface area contributed by atoms with Crippen LogP contribution in [0.15, 0.2) is 12.4 Å². The van der Waals surface area contributed by atoms with Crippen LogP contribution in [0.2, 0.25) is 5.02 Å². The third kappa shape index (κ3) is 4.99. The van der Waals surface area contributed by atoms with Gasteiger partial charge in [-0.2, -0.15) is 0 Å². The summed E-state index contributed by atoms with van der Waals surface area (Å²) >= 11 is 5.89. The molecule has 3 heterocycles. The minimum atomic E-state index is -3.70. The van der Waals surface area contributed by atoms with Crippen LogP contribution >= 0.6 is 11.6 Å². The highest BCUT2D eigenvalue weighted by Crippen LogP contribution is 2.53. The van der Waals surface area contributed by atoms with Gasteiger partial charge in [-0.3, -0.25) is 0 Å². The molecule has 186 valence electrons. The predicted octanol–water partition coefficient (Wildman–Crippen LogP) is 2.86. The van der Waals surface area contributed by atoms with Crippen LogP contribution in [0, 0.1) is 11.8 Å². The van der Waals surface area contributed by atoms with Crippen molar-refractivity contribution >= 4 is 21.4 Å². The smallest absolute Gasteiger partial charge is 0.164 e. The van der Waals surface area contributed by atoms with Crippen molar-refractivity contribution in [2.24, 2.45) is 11.8 Å². The number of rotatable bonds is 10. The van der Waals surface area contributed by atoms with Crippen LogP contribution < -0.4 is 0 Å². The molecule has 2 aromatic rings. The number of aromatic nitrogens is 5. The minimum Gasteiger partial charge on any atom is -0.376 e. The van der Waals surface area contributed by atoms with Gasteiger partial charge in [-0.25, -0.2) is 18.4 Å². The lowest BCUT2D eigenvalue weighted by Gasteiger charge is -2.28. The van der Waals surface area contributed by atoms with E-state index in [1.807, 2.05) is 0 Å². The molecule has 3 atom stereocenters. The average molecular weight is 512 g/mol. The van der Waals surface area contributed by atoms with Gasteiger partial charge >= 0.3 is 0 Å². The molecule has 5 rings (SSSR count).